The van der Waals surface area contributed by atoms with Crippen LogP contribution in [-0.4, -0.2) is 57.7 Å². The number of aromatic nitrogens is 4. The minimum absolute atomic E-state index is 0.0248. The molecule has 6 rings (SSSR count). The van der Waals surface area contributed by atoms with Crippen molar-refractivity contribution >= 4 is 21.5 Å². The fourth-order valence-corrected chi connectivity index (χ4v) is 6.44. The number of piperidine rings is 1. The number of benzene rings is 1. The topological polar surface area (TPSA) is 83.7 Å². The van der Waals surface area contributed by atoms with Crippen molar-refractivity contribution in [2.75, 3.05) is 18.0 Å². The number of rotatable bonds is 3. The Morgan fingerprint density at radius 2 is 1.75 bits per heavy atom. The summed E-state index contributed by atoms with van der Waals surface area (Å²) in [5, 5.41) is 12.7. The van der Waals surface area contributed by atoms with E-state index in [1.165, 1.54) is 0 Å². The number of sulfonamides is 1. The van der Waals surface area contributed by atoms with Crippen LogP contribution in [0.5, 0.6) is 0 Å². The first-order chi connectivity index (χ1) is 13.3. The van der Waals surface area contributed by atoms with E-state index in [1.54, 1.807) is 14.9 Å². The predicted molar refractivity (Wildman–Crippen MR) is 105 cm³/mol. The number of aryl methyl sites for hydroxylation is 3. The summed E-state index contributed by atoms with van der Waals surface area (Å²) in [4.78, 5) is 2.59. The molecule has 3 fully saturated rings. The number of anilines is 1. The van der Waals surface area contributed by atoms with Crippen LogP contribution in [0.1, 0.15) is 23.4 Å². The monoisotopic (exact) mass is 398 g/mol. The fraction of sp³-hybridized carbons (Fsp3) is 0.421. The summed E-state index contributed by atoms with van der Waals surface area (Å²) in [6, 6.07) is 9.38. The van der Waals surface area contributed by atoms with Crippen LogP contribution >= 0.6 is 0 Å². The van der Waals surface area contributed by atoms with Gasteiger partial charge in [0.15, 0.2) is 11.5 Å². The standard InChI is InChI=1S/C19H22N6O2S/c1-12-4-5-13(2)17(8-12)28(26,27)25-15-9-16(25)11-23(10-15)19-7-6-18-21-20-14(3)24(18)22-19/h4-8,15-16H,9-11H2,1-3H3. The van der Waals surface area contributed by atoms with Crippen molar-refractivity contribution in [3.8, 4) is 0 Å². The van der Waals surface area contributed by atoms with E-state index in [2.05, 4.69) is 20.2 Å². The second kappa shape index (κ2) is 5.99. The summed E-state index contributed by atoms with van der Waals surface area (Å²) in [6.07, 6.45) is 0.897. The first-order valence-corrected chi connectivity index (χ1v) is 10.8. The van der Waals surface area contributed by atoms with Crippen LogP contribution in [0.2, 0.25) is 0 Å². The van der Waals surface area contributed by atoms with E-state index in [0.29, 0.717) is 23.6 Å². The van der Waals surface area contributed by atoms with E-state index in [-0.39, 0.29) is 12.1 Å². The highest BCUT2D eigenvalue weighted by Crippen LogP contribution is 2.39. The molecule has 28 heavy (non-hydrogen) atoms. The zero-order chi connectivity index (χ0) is 19.6. The Morgan fingerprint density at radius 3 is 2.50 bits per heavy atom. The van der Waals surface area contributed by atoms with Crippen molar-refractivity contribution in [1.29, 1.82) is 0 Å². The van der Waals surface area contributed by atoms with E-state index >= 15 is 0 Å². The number of nitrogens with zero attached hydrogens (tertiary/aromatic N) is 6. The molecule has 5 heterocycles. The molecule has 8 nitrogen and oxygen atoms in total. The molecule has 0 N–H and O–H groups in total. The van der Waals surface area contributed by atoms with Gasteiger partial charge in [-0.1, -0.05) is 12.1 Å². The molecule has 3 aliphatic heterocycles. The van der Waals surface area contributed by atoms with Crippen LogP contribution in [0.25, 0.3) is 5.65 Å². The lowest BCUT2D eigenvalue weighted by Crippen LogP contribution is -2.70. The molecular formula is C19H22N6O2S. The van der Waals surface area contributed by atoms with E-state index < -0.39 is 10.0 Å². The normalized spacial score (nSPS) is 22.5. The van der Waals surface area contributed by atoms with Crippen molar-refractivity contribution in [1.82, 2.24) is 24.1 Å². The maximum Gasteiger partial charge on any atom is 0.243 e. The van der Waals surface area contributed by atoms with Crippen LogP contribution < -0.4 is 4.90 Å². The summed E-state index contributed by atoms with van der Waals surface area (Å²) in [6.45, 7) is 6.92. The first kappa shape index (κ1) is 17.6. The van der Waals surface area contributed by atoms with Crippen LogP contribution in [0.3, 0.4) is 0 Å². The van der Waals surface area contributed by atoms with Gasteiger partial charge in [0.2, 0.25) is 10.0 Å². The van der Waals surface area contributed by atoms with Crippen LogP contribution in [0, 0.1) is 20.8 Å². The van der Waals surface area contributed by atoms with Gasteiger partial charge in [0.25, 0.3) is 0 Å². The van der Waals surface area contributed by atoms with E-state index in [4.69, 9.17) is 0 Å². The van der Waals surface area contributed by atoms with Gasteiger partial charge in [-0.05, 0) is 56.5 Å². The molecule has 1 aromatic carbocycles. The number of hydrogen-bond donors (Lipinski definition) is 0. The Kier molecular flexibility index (Phi) is 3.76. The zero-order valence-corrected chi connectivity index (χ0v) is 16.9. The Bertz CT molecular complexity index is 1180. The molecule has 0 radical (unpaired) electrons. The van der Waals surface area contributed by atoms with E-state index in [0.717, 1.165) is 29.2 Å². The van der Waals surface area contributed by atoms with Crippen molar-refractivity contribution in [2.24, 2.45) is 0 Å². The predicted octanol–water partition coefficient (Wildman–Crippen LogP) is 1.70. The van der Waals surface area contributed by atoms with Gasteiger partial charge in [0.05, 0.1) is 4.90 Å². The molecule has 9 heteroatoms. The van der Waals surface area contributed by atoms with Gasteiger partial charge in [-0.3, -0.25) is 0 Å². The molecule has 0 aliphatic carbocycles. The van der Waals surface area contributed by atoms with Crippen molar-refractivity contribution in [2.45, 2.75) is 44.2 Å². The fourth-order valence-electron chi connectivity index (χ4n) is 4.31. The van der Waals surface area contributed by atoms with Crippen molar-refractivity contribution in [3.63, 3.8) is 0 Å². The first-order valence-electron chi connectivity index (χ1n) is 9.39. The molecule has 3 aromatic rings. The van der Waals surface area contributed by atoms with E-state index in [9.17, 15) is 8.42 Å². The van der Waals surface area contributed by atoms with Crippen LogP contribution in [-0.2, 0) is 10.0 Å². The van der Waals surface area contributed by atoms with Gasteiger partial charge in [0.1, 0.15) is 5.82 Å². The molecule has 2 unspecified atom stereocenters. The van der Waals surface area contributed by atoms with E-state index in [1.807, 2.05) is 45.0 Å². The van der Waals surface area contributed by atoms with Crippen LogP contribution in [0.4, 0.5) is 5.82 Å². The number of piperazine rings is 1. The van der Waals surface area contributed by atoms with Gasteiger partial charge in [-0.15, -0.1) is 15.3 Å². The van der Waals surface area contributed by atoms with Gasteiger partial charge >= 0.3 is 0 Å². The summed E-state index contributed by atoms with van der Waals surface area (Å²) in [7, 11) is -3.49. The summed E-state index contributed by atoms with van der Waals surface area (Å²) in [5.41, 5.74) is 2.46. The minimum Gasteiger partial charge on any atom is -0.352 e. The third-order valence-electron chi connectivity index (χ3n) is 5.75. The minimum atomic E-state index is -3.49. The second-order valence-electron chi connectivity index (χ2n) is 7.76. The molecule has 0 spiro atoms. The molecule has 3 aliphatic rings. The molecule has 0 amide bonds. The number of fused-ring (bicyclic) bond motifs is 3. The van der Waals surface area contributed by atoms with Crippen molar-refractivity contribution < 1.29 is 8.42 Å². The Morgan fingerprint density at radius 1 is 1.00 bits per heavy atom. The Balaban J connectivity index is 1.42. The van der Waals surface area contributed by atoms with Gasteiger partial charge in [-0.25, -0.2) is 8.42 Å². The summed E-state index contributed by atoms with van der Waals surface area (Å²) >= 11 is 0. The van der Waals surface area contributed by atoms with Gasteiger partial charge in [-0.2, -0.15) is 8.82 Å². The van der Waals surface area contributed by atoms with Gasteiger partial charge in [0, 0.05) is 25.2 Å². The molecule has 2 aromatic heterocycles. The Hall–Kier alpha value is -2.52. The zero-order valence-electron chi connectivity index (χ0n) is 16.1. The highest BCUT2D eigenvalue weighted by molar-refractivity contribution is 7.89. The lowest BCUT2D eigenvalue weighted by atomic mass is 9.91. The third kappa shape index (κ3) is 2.53. The summed E-state index contributed by atoms with van der Waals surface area (Å²) < 4.78 is 30.0. The third-order valence-corrected chi connectivity index (χ3v) is 7.90. The maximum absolute atomic E-state index is 13.3. The molecule has 2 bridgehead atoms. The smallest absolute Gasteiger partial charge is 0.243 e. The van der Waals surface area contributed by atoms with Crippen LogP contribution in [0.15, 0.2) is 35.2 Å². The maximum atomic E-state index is 13.3. The molecule has 0 saturated carbocycles. The lowest BCUT2D eigenvalue weighted by Gasteiger charge is -2.55. The SMILES string of the molecule is Cc1ccc(C)c(S(=O)(=O)N2C3CC2CN(c2ccc4nnc(C)n4n2)C3)c1. The average Bonchev–Trinajstić information content (AvgIpc) is 3.03. The lowest BCUT2D eigenvalue weighted by molar-refractivity contribution is 0.0873. The highest BCUT2D eigenvalue weighted by Gasteiger charge is 2.51. The van der Waals surface area contributed by atoms with Crippen molar-refractivity contribution in [3.05, 3.63) is 47.3 Å². The average molecular weight is 398 g/mol. The van der Waals surface area contributed by atoms with Gasteiger partial charge < -0.3 is 4.90 Å². The molecular weight excluding hydrogens is 376 g/mol. The Labute approximate surface area is 163 Å². The largest absolute Gasteiger partial charge is 0.352 e. The summed E-state index contributed by atoms with van der Waals surface area (Å²) in [5.74, 6) is 1.56. The molecule has 2 atom stereocenters. The highest BCUT2D eigenvalue weighted by atomic mass is 32.2. The molecule has 146 valence electrons. The number of hydrogen-bond acceptors (Lipinski definition) is 6. The second-order valence-corrected chi connectivity index (χ2v) is 9.57. The quantitative estimate of drug-likeness (QED) is 0.668. The molecule has 3 saturated heterocycles.